The summed E-state index contributed by atoms with van der Waals surface area (Å²) in [6, 6.07) is 20.3. The van der Waals surface area contributed by atoms with Gasteiger partial charge in [0.1, 0.15) is 0 Å². The van der Waals surface area contributed by atoms with Crippen molar-refractivity contribution in [3.8, 4) is 0 Å². The number of aliphatic hydroxyl groups is 1. The minimum Gasteiger partial charge on any atom is -0.396 e. The topological polar surface area (TPSA) is 35.5 Å². The highest BCUT2D eigenvalue weighted by molar-refractivity contribution is 5.46. The van der Waals surface area contributed by atoms with Crippen molar-refractivity contribution in [2.45, 2.75) is 64.3 Å². The monoisotopic (exact) mass is 408 g/mol. The molecular weight excluding hydrogens is 368 g/mol. The van der Waals surface area contributed by atoms with Gasteiger partial charge in [0.25, 0.3) is 0 Å². The zero-order valence-corrected chi connectivity index (χ0v) is 18.9. The lowest BCUT2D eigenvalue weighted by Crippen LogP contribution is -2.42. The average molecular weight is 409 g/mol. The third-order valence-electron chi connectivity index (χ3n) is 6.70. The smallest absolute Gasteiger partial charge is 0.0474 e. The second kappa shape index (κ2) is 12.1. The highest BCUT2D eigenvalue weighted by Crippen LogP contribution is 2.32. The van der Waals surface area contributed by atoms with Gasteiger partial charge in [0.15, 0.2) is 0 Å². The van der Waals surface area contributed by atoms with Crippen LogP contribution >= 0.6 is 0 Å². The summed E-state index contributed by atoms with van der Waals surface area (Å²) in [6.07, 6.45) is 7.20. The molecule has 2 aromatic rings. The molecule has 164 valence electrons. The molecule has 1 aliphatic heterocycles. The van der Waals surface area contributed by atoms with Crippen LogP contribution in [0.4, 0.5) is 5.69 Å². The maximum Gasteiger partial charge on any atom is 0.0474 e. The summed E-state index contributed by atoms with van der Waals surface area (Å²) in [7, 11) is 0. The third-order valence-corrected chi connectivity index (χ3v) is 6.70. The molecule has 3 nitrogen and oxygen atoms in total. The van der Waals surface area contributed by atoms with Crippen LogP contribution in [0.25, 0.3) is 0 Å². The second-order valence-corrected chi connectivity index (χ2v) is 8.87. The number of aliphatic hydroxyl groups excluding tert-OH is 1. The maximum absolute atomic E-state index is 10.1. The quantitative estimate of drug-likeness (QED) is 0.558. The van der Waals surface area contributed by atoms with E-state index < -0.39 is 0 Å². The minimum atomic E-state index is 0.260. The predicted octanol–water partition coefficient (Wildman–Crippen LogP) is 5.71. The Kier molecular flexibility index (Phi) is 9.23. The van der Waals surface area contributed by atoms with Gasteiger partial charge in [-0.1, -0.05) is 55.8 Å². The van der Waals surface area contributed by atoms with Crippen LogP contribution < -0.4 is 5.32 Å². The molecule has 0 aliphatic carbocycles. The Morgan fingerprint density at radius 3 is 2.60 bits per heavy atom. The molecule has 3 heteroatoms. The van der Waals surface area contributed by atoms with Gasteiger partial charge in [0.2, 0.25) is 0 Å². The number of hydrogen-bond donors (Lipinski definition) is 2. The lowest BCUT2D eigenvalue weighted by molar-refractivity contribution is 0.108. The van der Waals surface area contributed by atoms with Crippen molar-refractivity contribution < 1.29 is 5.11 Å². The zero-order chi connectivity index (χ0) is 21.2. The van der Waals surface area contributed by atoms with E-state index in [0.717, 1.165) is 26.1 Å². The van der Waals surface area contributed by atoms with E-state index >= 15 is 0 Å². The fourth-order valence-corrected chi connectivity index (χ4v) is 5.04. The SMILES string of the molecule is CCNc1cccc(C2CCCC(CC)N(CC(CO)Cc3ccccc3)CC2)c1. The van der Waals surface area contributed by atoms with Crippen LogP contribution in [-0.2, 0) is 6.42 Å². The number of nitrogens with one attached hydrogen (secondary N) is 1. The van der Waals surface area contributed by atoms with E-state index in [9.17, 15) is 5.11 Å². The molecule has 0 aromatic heterocycles. The van der Waals surface area contributed by atoms with E-state index in [-0.39, 0.29) is 6.61 Å². The Morgan fingerprint density at radius 2 is 1.87 bits per heavy atom. The summed E-state index contributed by atoms with van der Waals surface area (Å²) in [4.78, 5) is 2.68. The standard InChI is InChI=1S/C27H40N2O/c1-3-27-15-9-12-24(25-13-8-14-26(19-25)28-4-2)16-17-29(27)20-23(21-30)18-22-10-6-5-7-11-22/h5-8,10-11,13-14,19,23-24,27-28,30H,3-4,9,12,15-18,20-21H2,1-2H3. The molecule has 3 atom stereocenters. The van der Waals surface area contributed by atoms with Crippen LogP contribution in [0.2, 0.25) is 0 Å². The molecule has 1 aliphatic rings. The summed E-state index contributed by atoms with van der Waals surface area (Å²) < 4.78 is 0. The minimum absolute atomic E-state index is 0.260. The molecule has 0 radical (unpaired) electrons. The van der Waals surface area contributed by atoms with Gasteiger partial charge in [-0.2, -0.15) is 0 Å². The first kappa shape index (κ1) is 22.8. The average Bonchev–Trinajstić information content (AvgIpc) is 2.76. The second-order valence-electron chi connectivity index (χ2n) is 8.87. The van der Waals surface area contributed by atoms with Crippen LogP contribution in [-0.4, -0.2) is 42.3 Å². The fraction of sp³-hybridized carbons (Fsp3) is 0.556. The molecule has 1 saturated heterocycles. The summed E-state index contributed by atoms with van der Waals surface area (Å²) in [5.41, 5.74) is 4.05. The Balaban J connectivity index is 1.66. The predicted molar refractivity (Wildman–Crippen MR) is 128 cm³/mol. The highest BCUT2D eigenvalue weighted by atomic mass is 16.3. The summed E-state index contributed by atoms with van der Waals surface area (Å²) in [6.45, 7) is 7.81. The molecule has 0 spiro atoms. The molecule has 0 saturated carbocycles. The number of anilines is 1. The van der Waals surface area contributed by atoms with E-state index in [2.05, 4.69) is 78.7 Å². The van der Waals surface area contributed by atoms with Gasteiger partial charge in [-0.15, -0.1) is 0 Å². The van der Waals surface area contributed by atoms with Crippen molar-refractivity contribution in [1.82, 2.24) is 4.90 Å². The summed E-state index contributed by atoms with van der Waals surface area (Å²) in [5.74, 6) is 0.932. The van der Waals surface area contributed by atoms with Crippen molar-refractivity contribution >= 4 is 5.69 Å². The van der Waals surface area contributed by atoms with Gasteiger partial charge in [-0.3, -0.25) is 0 Å². The first-order valence-electron chi connectivity index (χ1n) is 12.0. The molecule has 2 N–H and O–H groups in total. The normalized spacial score (nSPS) is 21.6. The van der Waals surface area contributed by atoms with E-state index in [1.165, 1.54) is 48.9 Å². The number of rotatable bonds is 9. The molecule has 1 heterocycles. The fourth-order valence-electron chi connectivity index (χ4n) is 5.04. The van der Waals surface area contributed by atoms with Gasteiger partial charge in [0.05, 0.1) is 0 Å². The third kappa shape index (κ3) is 6.58. The van der Waals surface area contributed by atoms with Gasteiger partial charge in [-0.05, 0) is 80.7 Å². The first-order valence-corrected chi connectivity index (χ1v) is 12.0. The Bertz CT molecular complexity index is 733. The number of nitrogens with zero attached hydrogens (tertiary/aromatic N) is 1. The zero-order valence-electron chi connectivity index (χ0n) is 18.9. The van der Waals surface area contributed by atoms with Gasteiger partial charge in [0, 0.05) is 31.4 Å². The van der Waals surface area contributed by atoms with Crippen molar-refractivity contribution in [3.05, 3.63) is 65.7 Å². The van der Waals surface area contributed by atoms with Crippen molar-refractivity contribution in [2.24, 2.45) is 5.92 Å². The molecule has 0 bridgehead atoms. The van der Waals surface area contributed by atoms with E-state index in [4.69, 9.17) is 0 Å². The van der Waals surface area contributed by atoms with Gasteiger partial charge < -0.3 is 15.3 Å². The number of hydrogen-bond acceptors (Lipinski definition) is 3. The van der Waals surface area contributed by atoms with Crippen LogP contribution in [0.3, 0.4) is 0 Å². The van der Waals surface area contributed by atoms with Crippen LogP contribution in [0.1, 0.15) is 63.0 Å². The highest BCUT2D eigenvalue weighted by Gasteiger charge is 2.25. The summed E-state index contributed by atoms with van der Waals surface area (Å²) >= 11 is 0. The molecule has 0 amide bonds. The Hall–Kier alpha value is -1.84. The number of benzene rings is 2. The first-order chi connectivity index (χ1) is 14.7. The molecule has 1 fully saturated rings. The number of likely N-dealkylation sites (tertiary alicyclic amines) is 1. The van der Waals surface area contributed by atoms with Gasteiger partial charge >= 0.3 is 0 Å². The van der Waals surface area contributed by atoms with Gasteiger partial charge in [-0.25, -0.2) is 0 Å². The van der Waals surface area contributed by atoms with Crippen LogP contribution in [0, 0.1) is 5.92 Å². The Labute approximate surface area is 183 Å². The Morgan fingerprint density at radius 1 is 1.03 bits per heavy atom. The molecule has 2 aromatic carbocycles. The molecule has 30 heavy (non-hydrogen) atoms. The van der Waals surface area contributed by atoms with Crippen molar-refractivity contribution in [1.29, 1.82) is 0 Å². The summed E-state index contributed by atoms with van der Waals surface area (Å²) in [5, 5.41) is 13.5. The van der Waals surface area contributed by atoms with Crippen molar-refractivity contribution in [3.63, 3.8) is 0 Å². The largest absolute Gasteiger partial charge is 0.396 e. The molecule has 3 rings (SSSR count). The maximum atomic E-state index is 10.1. The molecule has 3 unspecified atom stereocenters. The van der Waals surface area contributed by atoms with E-state index in [1.54, 1.807) is 0 Å². The van der Waals surface area contributed by atoms with E-state index in [0.29, 0.717) is 17.9 Å². The van der Waals surface area contributed by atoms with E-state index in [1.807, 2.05) is 0 Å². The van der Waals surface area contributed by atoms with Crippen molar-refractivity contribution in [2.75, 3.05) is 31.6 Å². The van der Waals surface area contributed by atoms with Crippen LogP contribution in [0.5, 0.6) is 0 Å². The van der Waals surface area contributed by atoms with Crippen LogP contribution in [0.15, 0.2) is 54.6 Å². The lowest BCUT2D eigenvalue weighted by Gasteiger charge is -2.37. The lowest BCUT2D eigenvalue weighted by atomic mass is 9.86. The molecular formula is C27H40N2O.